The number of ether oxygens (including phenoxy) is 2. The Hall–Kier alpha value is -1.98. The Morgan fingerprint density at radius 2 is 1.80 bits per heavy atom. The van der Waals surface area contributed by atoms with Crippen molar-refractivity contribution in [2.45, 2.75) is 28.6 Å². The van der Waals surface area contributed by atoms with Crippen LogP contribution >= 0.6 is 34.9 Å². The molecule has 0 spiro atoms. The Morgan fingerprint density at radius 1 is 1.13 bits per heavy atom. The molecule has 11 heteroatoms. The van der Waals surface area contributed by atoms with E-state index in [0.29, 0.717) is 42.1 Å². The summed E-state index contributed by atoms with van der Waals surface area (Å²) in [6, 6.07) is 7.48. The summed E-state index contributed by atoms with van der Waals surface area (Å²) in [6.45, 7) is 6.10. The zero-order valence-electron chi connectivity index (χ0n) is 16.8. The number of fused-ring (bicyclic) bond motifs is 1. The molecule has 1 aromatic carbocycles. The molecule has 0 saturated carbocycles. The molecule has 1 N–H and O–H groups in total. The third-order valence-electron chi connectivity index (χ3n) is 4.24. The molecular weight excluding hydrogens is 444 g/mol. The van der Waals surface area contributed by atoms with Crippen molar-refractivity contribution < 1.29 is 19.1 Å². The van der Waals surface area contributed by atoms with Crippen LogP contribution in [0.4, 0.5) is 0 Å². The summed E-state index contributed by atoms with van der Waals surface area (Å²) in [5.74, 6) is 1.97. The summed E-state index contributed by atoms with van der Waals surface area (Å²) in [5.41, 5.74) is 0. The maximum Gasteiger partial charge on any atom is 0.233 e. The van der Waals surface area contributed by atoms with Gasteiger partial charge in [-0.25, -0.2) is 0 Å². The van der Waals surface area contributed by atoms with Gasteiger partial charge in [-0.1, -0.05) is 47.0 Å². The van der Waals surface area contributed by atoms with Crippen LogP contribution in [0.3, 0.4) is 0 Å². The van der Waals surface area contributed by atoms with Gasteiger partial charge < -0.3 is 19.7 Å². The van der Waals surface area contributed by atoms with Crippen molar-refractivity contribution in [3.8, 4) is 11.5 Å². The maximum atomic E-state index is 12.1. The molecule has 162 valence electrons. The molecule has 0 bridgehead atoms. The number of aromatic nitrogens is 2. The lowest BCUT2D eigenvalue weighted by molar-refractivity contribution is -0.128. The monoisotopic (exact) mass is 468 g/mol. The molecule has 0 aliphatic carbocycles. The molecule has 0 radical (unpaired) electrons. The van der Waals surface area contributed by atoms with Crippen LogP contribution in [0, 0.1) is 0 Å². The lowest BCUT2D eigenvalue weighted by atomic mass is 10.2. The van der Waals surface area contributed by atoms with Gasteiger partial charge in [0.25, 0.3) is 0 Å². The summed E-state index contributed by atoms with van der Waals surface area (Å²) in [4.78, 5) is 26.0. The van der Waals surface area contributed by atoms with E-state index in [0.717, 1.165) is 10.1 Å². The van der Waals surface area contributed by atoms with Crippen LogP contribution in [0.5, 0.6) is 11.5 Å². The maximum absolute atomic E-state index is 12.1. The minimum absolute atomic E-state index is 0.0883. The van der Waals surface area contributed by atoms with E-state index in [1.165, 1.54) is 34.9 Å². The highest BCUT2D eigenvalue weighted by Crippen LogP contribution is 2.31. The highest BCUT2D eigenvalue weighted by Gasteiger charge is 2.21. The number of nitrogens with zero attached hydrogens (tertiary/aromatic N) is 3. The van der Waals surface area contributed by atoms with E-state index < -0.39 is 0 Å². The molecule has 1 aliphatic rings. The third kappa shape index (κ3) is 6.51. The lowest BCUT2D eigenvalue weighted by Gasteiger charge is -2.26. The molecule has 30 heavy (non-hydrogen) atoms. The summed E-state index contributed by atoms with van der Waals surface area (Å²) in [5, 5.41) is 11.0. The fraction of sp³-hybridized carbons (Fsp3) is 0.474. The van der Waals surface area contributed by atoms with Gasteiger partial charge in [0, 0.05) is 13.1 Å². The second-order valence-electron chi connectivity index (χ2n) is 6.28. The molecule has 2 heterocycles. The molecule has 3 rings (SSSR count). The normalized spacial score (nSPS) is 14.9. The number of nitrogens with one attached hydrogen (secondary N) is 1. The van der Waals surface area contributed by atoms with Crippen LogP contribution in [-0.2, 0) is 9.59 Å². The molecule has 2 aromatic rings. The van der Waals surface area contributed by atoms with Crippen LogP contribution in [0.1, 0.15) is 13.8 Å². The Labute approximate surface area is 188 Å². The van der Waals surface area contributed by atoms with Gasteiger partial charge in [0.2, 0.25) is 11.8 Å². The fourth-order valence-electron chi connectivity index (χ4n) is 2.67. The molecule has 1 unspecified atom stereocenters. The van der Waals surface area contributed by atoms with Gasteiger partial charge in [-0.05, 0) is 26.0 Å². The molecule has 0 fully saturated rings. The van der Waals surface area contributed by atoms with Crippen LogP contribution in [0.25, 0.3) is 0 Å². The van der Waals surface area contributed by atoms with Crippen LogP contribution in [-0.4, -0.2) is 70.8 Å². The number of rotatable bonds is 10. The van der Waals surface area contributed by atoms with E-state index in [4.69, 9.17) is 9.47 Å². The first-order valence-corrected chi connectivity index (χ1v) is 12.4. The van der Waals surface area contributed by atoms with Crippen molar-refractivity contribution in [3.63, 3.8) is 0 Å². The Bertz CT molecular complexity index is 860. The second kappa shape index (κ2) is 11.4. The van der Waals surface area contributed by atoms with E-state index in [9.17, 15) is 9.59 Å². The summed E-state index contributed by atoms with van der Waals surface area (Å²) in [7, 11) is 0. The van der Waals surface area contributed by atoms with Crippen LogP contribution < -0.4 is 14.8 Å². The first-order valence-electron chi connectivity index (χ1n) is 9.61. The molecule has 2 amide bonds. The number of thioether (sulfide) groups is 2. The van der Waals surface area contributed by atoms with Crippen molar-refractivity contribution in [2.24, 2.45) is 0 Å². The number of hydrogen-bond donors (Lipinski definition) is 1. The van der Waals surface area contributed by atoms with Crippen molar-refractivity contribution in [1.29, 1.82) is 0 Å². The van der Waals surface area contributed by atoms with Crippen LogP contribution in [0.2, 0.25) is 0 Å². The third-order valence-corrected chi connectivity index (χ3v) is 7.42. The Kier molecular flexibility index (Phi) is 8.64. The number of hydrogen-bond acceptors (Lipinski definition) is 9. The first kappa shape index (κ1) is 22.7. The van der Waals surface area contributed by atoms with Crippen molar-refractivity contribution in [1.82, 2.24) is 20.4 Å². The van der Waals surface area contributed by atoms with E-state index in [1.54, 1.807) is 4.90 Å². The lowest BCUT2D eigenvalue weighted by Crippen LogP contribution is -2.41. The molecular formula is C19H24N4O4S3. The summed E-state index contributed by atoms with van der Waals surface area (Å²) in [6.07, 6.45) is -0.221. The Balaban J connectivity index is 1.36. The highest BCUT2D eigenvalue weighted by atomic mass is 32.2. The van der Waals surface area contributed by atoms with Gasteiger partial charge in [-0.2, -0.15) is 0 Å². The minimum atomic E-state index is -0.221. The van der Waals surface area contributed by atoms with Gasteiger partial charge >= 0.3 is 0 Å². The highest BCUT2D eigenvalue weighted by molar-refractivity contribution is 8.03. The predicted molar refractivity (Wildman–Crippen MR) is 119 cm³/mol. The number of amides is 2. The molecule has 1 atom stereocenters. The van der Waals surface area contributed by atoms with Gasteiger partial charge in [0.15, 0.2) is 20.2 Å². The van der Waals surface area contributed by atoms with Crippen molar-refractivity contribution in [3.05, 3.63) is 24.3 Å². The van der Waals surface area contributed by atoms with Gasteiger partial charge in [0.1, 0.15) is 12.7 Å². The Morgan fingerprint density at radius 3 is 2.50 bits per heavy atom. The standard InChI is InChI=1S/C19H24N4O4S3/c1-3-23(4-2)17(25)12-29-19-22-21-18(30-19)28-11-16(24)20-9-13-10-26-14-7-5-6-8-15(14)27-13/h5-8,13H,3-4,9-12H2,1-2H3,(H,20,24). The van der Waals surface area contributed by atoms with Gasteiger partial charge in [-0.15, -0.1) is 10.2 Å². The number of carbonyl (C=O) groups is 2. The quantitative estimate of drug-likeness (QED) is 0.532. The zero-order valence-corrected chi connectivity index (χ0v) is 19.3. The first-order chi connectivity index (χ1) is 14.6. The topological polar surface area (TPSA) is 93.7 Å². The predicted octanol–water partition coefficient (Wildman–Crippen LogP) is 2.55. The van der Waals surface area contributed by atoms with Gasteiger partial charge in [0.05, 0.1) is 18.1 Å². The average Bonchev–Trinajstić information content (AvgIpc) is 3.23. The van der Waals surface area contributed by atoms with Crippen molar-refractivity contribution >= 4 is 46.7 Å². The van der Waals surface area contributed by atoms with E-state index in [1.807, 2.05) is 38.1 Å². The number of carbonyl (C=O) groups excluding carboxylic acids is 2. The smallest absolute Gasteiger partial charge is 0.233 e. The molecule has 8 nitrogen and oxygen atoms in total. The minimum Gasteiger partial charge on any atom is -0.486 e. The largest absolute Gasteiger partial charge is 0.486 e. The second-order valence-corrected chi connectivity index (χ2v) is 9.70. The van der Waals surface area contributed by atoms with E-state index in [2.05, 4.69) is 15.5 Å². The average molecular weight is 469 g/mol. The summed E-state index contributed by atoms with van der Waals surface area (Å²) < 4.78 is 12.9. The van der Waals surface area contributed by atoms with E-state index in [-0.39, 0.29) is 23.7 Å². The SMILES string of the molecule is CCN(CC)C(=O)CSc1nnc(SCC(=O)NCC2COc3ccccc3O2)s1. The fourth-order valence-corrected chi connectivity index (χ4v) is 5.43. The van der Waals surface area contributed by atoms with Gasteiger partial charge in [-0.3, -0.25) is 9.59 Å². The number of para-hydroxylation sites is 2. The number of benzene rings is 1. The zero-order chi connectivity index (χ0) is 21.3. The van der Waals surface area contributed by atoms with E-state index >= 15 is 0 Å². The van der Waals surface area contributed by atoms with Crippen LogP contribution in [0.15, 0.2) is 32.9 Å². The summed E-state index contributed by atoms with van der Waals surface area (Å²) >= 11 is 4.09. The molecule has 1 aliphatic heterocycles. The molecule has 0 saturated heterocycles. The molecule has 1 aromatic heterocycles. The van der Waals surface area contributed by atoms with Crippen molar-refractivity contribution in [2.75, 3.05) is 37.7 Å².